The summed E-state index contributed by atoms with van der Waals surface area (Å²) in [6, 6.07) is 5.46. The molecule has 3 heterocycles. The third kappa shape index (κ3) is 2.14. The van der Waals surface area contributed by atoms with E-state index in [-0.39, 0.29) is 5.91 Å². The topological polar surface area (TPSA) is 60.2 Å². The Morgan fingerprint density at radius 1 is 1.36 bits per heavy atom. The number of amides is 1. The van der Waals surface area contributed by atoms with Crippen LogP contribution in [-0.2, 0) is 24.3 Å². The lowest BCUT2D eigenvalue weighted by Gasteiger charge is -2.29. The first-order chi connectivity index (χ1) is 10.6. The largest absolute Gasteiger partial charge is 0.480 e. The molecule has 4 rings (SSSR count). The Morgan fingerprint density at radius 2 is 2.23 bits per heavy atom. The van der Waals surface area contributed by atoms with Crippen molar-refractivity contribution in [2.75, 3.05) is 6.54 Å². The third-order valence-electron chi connectivity index (χ3n) is 4.22. The number of hydrogen-bond acceptors (Lipinski definition) is 4. The van der Waals surface area contributed by atoms with Crippen molar-refractivity contribution in [1.82, 2.24) is 19.7 Å². The van der Waals surface area contributed by atoms with Gasteiger partial charge in [-0.05, 0) is 30.7 Å². The van der Waals surface area contributed by atoms with Gasteiger partial charge in [-0.15, -0.1) is 10.2 Å². The van der Waals surface area contributed by atoms with Crippen molar-refractivity contribution in [2.45, 2.75) is 32.5 Å². The van der Waals surface area contributed by atoms with E-state index in [0.717, 1.165) is 29.5 Å². The highest BCUT2D eigenvalue weighted by atomic mass is 35.5. The number of benzene rings is 1. The number of aryl methyl sites for hydroxylation is 1. The van der Waals surface area contributed by atoms with Gasteiger partial charge in [-0.3, -0.25) is 4.79 Å². The SMILES string of the molecule is Cc1nnc2n1CCN(C(=O)C1Cc3cc(Cl)ccc3O1)C2. The zero-order valence-electron chi connectivity index (χ0n) is 12.1. The van der Waals surface area contributed by atoms with Crippen molar-refractivity contribution in [3.05, 3.63) is 40.4 Å². The lowest BCUT2D eigenvalue weighted by atomic mass is 10.1. The molecule has 1 unspecified atom stereocenters. The molecule has 2 aromatic rings. The van der Waals surface area contributed by atoms with E-state index in [9.17, 15) is 4.79 Å². The Hall–Kier alpha value is -2.08. The zero-order valence-corrected chi connectivity index (χ0v) is 12.9. The molecule has 0 aliphatic carbocycles. The summed E-state index contributed by atoms with van der Waals surface area (Å²) in [5.74, 6) is 2.47. The van der Waals surface area contributed by atoms with Crippen molar-refractivity contribution in [3.8, 4) is 5.75 Å². The minimum Gasteiger partial charge on any atom is -0.480 e. The highest BCUT2D eigenvalue weighted by molar-refractivity contribution is 6.30. The number of rotatable bonds is 1. The second-order valence-corrected chi connectivity index (χ2v) is 6.07. The van der Waals surface area contributed by atoms with E-state index in [1.807, 2.05) is 23.6 Å². The van der Waals surface area contributed by atoms with Gasteiger partial charge < -0.3 is 14.2 Å². The highest BCUT2D eigenvalue weighted by Crippen LogP contribution is 2.32. The molecular weight excluding hydrogens is 304 g/mol. The summed E-state index contributed by atoms with van der Waals surface area (Å²) in [4.78, 5) is 14.5. The summed E-state index contributed by atoms with van der Waals surface area (Å²) in [6.07, 6.45) is 0.0979. The Bertz CT molecular complexity index is 754. The standard InChI is InChI=1S/C15H15ClN4O2/c1-9-17-18-14-8-19(4-5-20(9)14)15(21)13-7-10-6-11(16)2-3-12(10)22-13/h2-3,6,13H,4-5,7-8H2,1H3. The number of halogens is 1. The molecule has 2 aliphatic rings. The van der Waals surface area contributed by atoms with Gasteiger partial charge >= 0.3 is 0 Å². The first-order valence-electron chi connectivity index (χ1n) is 7.24. The van der Waals surface area contributed by atoms with E-state index in [4.69, 9.17) is 16.3 Å². The molecule has 0 spiro atoms. The Morgan fingerprint density at radius 3 is 3.09 bits per heavy atom. The molecule has 1 aromatic carbocycles. The summed E-state index contributed by atoms with van der Waals surface area (Å²) in [5, 5.41) is 8.85. The minimum atomic E-state index is -0.468. The molecule has 0 fully saturated rings. The average Bonchev–Trinajstić information content (AvgIpc) is 3.09. The van der Waals surface area contributed by atoms with Crippen molar-refractivity contribution < 1.29 is 9.53 Å². The summed E-state index contributed by atoms with van der Waals surface area (Å²) in [5.41, 5.74) is 0.988. The molecule has 1 aromatic heterocycles. The third-order valence-corrected chi connectivity index (χ3v) is 4.46. The fourth-order valence-electron chi connectivity index (χ4n) is 3.05. The summed E-state index contributed by atoms with van der Waals surface area (Å²) >= 11 is 5.99. The maximum Gasteiger partial charge on any atom is 0.264 e. The maximum absolute atomic E-state index is 12.7. The minimum absolute atomic E-state index is 0.000717. The van der Waals surface area contributed by atoms with Crippen LogP contribution in [0.2, 0.25) is 5.02 Å². The van der Waals surface area contributed by atoms with Crippen LogP contribution in [0.3, 0.4) is 0 Å². The summed E-state index contributed by atoms with van der Waals surface area (Å²) in [6.45, 7) is 3.79. The van der Waals surface area contributed by atoms with Gasteiger partial charge in [0, 0.05) is 24.5 Å². The second kappa shape index (κ2) is 4.98. The molecule has 6 nitrogen and oxygen atoms in total. The Kier molecular flexibility index (Phi) is 3.07. The first-order valence-corrected chi connectivity index (χ1v) is 7.62. The van der Waals surface area contributed by atoms with E-state index < -0.39 is 6.10 Å². The molecule has 7 heteroatoms. The normalized spacial score (nSPS) is 19.5. The average molecular weight is 319 g/mol. The van der Waals surface area contributed by atoms with E-state index in [0.29, 0.717) is 24.5 Å². The van der Waals surface area contributed by atoms with Crippen molar-refractivity contribution in [3.63, 3.8) is 0 Å². The summed E-state index contributed by atoms with van der Waals surface area (Å²) < 4.78 is 7.83. The van der Waals surface area contributed by atoms with Crippen molar-refractivity contribution >= 4 is 17.5 Å². The quantitative estimate of drug-likeness (QED) is 0.801. The smallest absolute Gasteiger partial charge is 0.264 e. The molecule has 0 N–H and O–H groups in total. The number of hydrogen-bond donors (Lipinski definition) is 0. The number of nitrogens with zero attached hydrogens (tertiary/aromatic N) is 4. The fourth-order valence-corrected chi connectivity index (χ4v) is 3.24. The maximum atomic E-state index is 12.7. The van der Waals surface area contributed by atoms with Gasteiger partial charge in [0.2, 0.25) is 0 Å². The van der Waals surface area contributed by atoms with Gasteiger partial charge in [-0.25, -0.2) is 0 Å². The highest BCUT2D eigenvalue weighted by Gasteiger charge is 2.34. The predicted molar refractivity (Wildman–Crippen MR) is 79.7 cm³/mol. The van der Waals surface area contributed by atoms with E-state index in [1.165, 1.54) is 0 Å². The summed E-state index contributed by atoms with van der Waals surface area (Å²) in [7, 11) is 0. The lowest BCUT2D eigenvalue weighted by Crippen LogP contribution is -2.45. The molecule has 1 atom stereocenters. The molecule has 22 heavy (non-hydrogen) atoms. The van der Waals surface area contributed by atoms with Gasteiger partial charge in [0.05, 0.1) is 6.54 Å². The number of ether oxygens (including phenoxy) is 1. The number of fused-ring (bicyclic) bond motifs is 2. The van der Waals surface area contributed by atoms with Crippen LogP contribution in [0.4, 0.5) is 0 Å². The van der Waals surface area contributed by atoms with E-state index in [2.05, 4.69) is 10.2 Å². The van der Waals surface area contributed by atoms with Crippen LogP contribution >= 0.6 is 11.6 Å². The van der Waals surface area contributed by atoms with Gasteiger partial charge in [0.1, 0.15) is 11.6 Å². The van der Waals surface area contributed by atoms with Crippen LogP contribution in [-0.4, -0.2) is 38.2 Å². The predicted octanol–water partition coefficient (Wildman–Crippen LogP) is 1.59. The van der Waals surface area contributed by atoms with Gasteiger partial charge in [-0.2, -0.15) is 0 Å². The molecular formula is C15H15ClN4O2. The van der Waals surface area contributed by atoms with E-state index in [1.54, 1.807) is 11.0 Å². The van der Waals surface area contributed by atoms with Gasteiger partial charge in [-0.1, -0.05) is 11.6 Å². The molecule has 114 valence electrons. The molecule has 0 saturated heterocycles. The van der Waals surface area contributed by atoms with Gasteiger partial charge in [0.25, 0.3) is 5.91 Å². The number of carbonyl (C=O) groups excluding carboxylic acids is 1. The van der Waals surface area contributed by atoms with E-state index >= 15 is 0 Å². The Balaban J connectivity index is 1.50. The van der Waals surface area contributed by atoms with Crippen LogP contribution in [0, 0.1) is 6.92 Å². The molecule has 0 bridgehead atoms. The lowest BCUT2D eigenvalue weighted by molar-refractivity contribution is -0.139. The van der Waals surface area contributed by atoms with Crippen LogP contribution in [0.25, 0.3) is 0 Å². The van der Waals surface area contributed by atoms with Gasteiger partial charge in [0.15, 0.2) is 11.9 Å². The monoisotopic (exact) mass is 318 g/mol. The molecule has 0 saturated carbocycles. The van der Waals surface area contributed by atoms with Crippen LogP contribution < -0.4 is 4.74 Å². The molecule has 0 radical (unpaired) electrons. The zero-order chi connectivity index (χ0) is 15.3. The fraction of sp³-hybridized carbons (Fsp3) is 0.400. The number of aromatic nitrogens is 3. The van der Waals surface area contributed by atoms with Crippen molar-refractivity contribution in [1.29, 1.82) is 0 Å². The second-order valence-electron chi connectivity index (χ2n) is 5.64. The van der Waals surface area contributed by atoms with Crippen LogP contribution in [0.1, 0.15) is 17.2 Å². The molecule has 2 aliphatic heterocycles. The first kappa shape index (κ1) is 13.6. The Labute approximate surface area is 132 Å². The number of carbonyl (C=O) groups is 1. The van der Waals surface area contributed by atoms with Crippen molar-refractivity contribution in [2.24, 2.45) is 0 Å². The van der Waals surface area contributed by atoms with Crippen LogP contribution in [0.15, 0.2) is 18.2 Å². The molecule has 1 amide bonds. The van der Waals surface area contributed by atoms with Crippen LogP contribution in [0.5, 0.6) is 5.75 Å².